The molecule has 0 aliphatic heterocycles. The molecule has 2 unspecified atom stereocenters. The van der Waals surface area contributed by atoms with Crippen molar-refractivity contribution in [2.75, 3.05) is 0 Å². The SMILES string of the molecule is CCCCCCCCCCCCCCCCCCC(CCCCCCCCCCCCCC)c1[nH]cc[n+]1C(C)CCCCC. The lowest BCUT2D eigenvalue weighted by Crippen LogP contribution is -2.41. The molecule has 0 aliphatic rings. The third kappa shape index (κ3) is 25.0. The molecule has 1 heterocycles. The maximum atomic E-state index is 3.74. The first-order valence-corrected chi connectivity index (χ1v) is 21.3. The summed E-state index contributed by atoms with van der Waals surface area (Å²) in [4.78, 5) is 3.74. The molecular formula is C43H85N2+. The number of hydrogen-bond acceptors (Lipinski definition) is 0. The Morgan fingerprint density at radius 1 is 0.422 bits per heavy atom. The van der Waals surface area contributed by atoms with Gasteiger partial charge in [-0.15, -0.1) is 0 Å². The quantitative estimate of drug-likeness (QED) is 0.0563. The van der Waals surface area contributed by atoms with Crippen molar-refractivity contribution in [1.29, 1.82) is 0 Å². The predicted molar refractivity (Wildman–Crippen MR) is 202 cm³/mol. The fraction of sp³-hybridized carbons (Fsp3) is 0.930. The third-order valence-corrected chi connectivity index (χ3v) is 10.6. The molecule has 45 heavy (non-hydrogen) atoms. The summed E-state index contributed by atoms with van der Waals surface area (Å²) in [5.74, 6) is 2.24. The monoisotopic (exact) mass is 630 g/mol. The Bertz CT molecular complexity index is 694. The number of unbranched alkanes of at least 4 members (excludes halogenated alkanes) is 28. The summed E-state index contributed by atoms with van der Waals surface area (Å²) in [6, 6.07) is 0.619. The molecule has 0 saturated carbocycles. The lowest BCUT2D eigenvalue weighted by atomic mass is 9.92. The highest BCUT2D eigenvalue weighted by atomic mass is 15.1. The van der Waals surface area contributed by atoms with Crippen LogP contribution in [0.15, 0.2) is 12.4 Å². The fourth-order valence-electron chi connectivity index (χ4n) is 7.49. The first-order valence-electron chi connectivity index (χ1n) is 21.3. The number of aromatic amines is 1. The van der Waals surface area contributed by atoms with Crippen LogP contribution in [0.1, 0.15) is 264 Å². The fourth-order valence-corrected chi connectivity index (χ4v) is 7.49. The van der Waals surface area contributed by atoms with Gasteiger partial charge in [-0.05, 0) is 32.6 Å². The zero-order chi connectivity index (χ0) is 32.5. The predicted octanol–water partition coefficient (Wildman–Crippen LogP) is 15.3. The summed E-state index contributed by atoms with van der Waals surface area (Å²) >= 11 is 0. The van der Waals surface area contributed by atoms with Gasteiger partial charge in [-0.3, -0.25) is 0 Å². The second-order valence-corrected chi connectivity index (χ2v) is 15.1. The molecule has 2 heteroatoms. The van der Waals surface area contributed by atoms with Crippen LogP contribution in [0.25, 0.3) is 0 Å². The van der Waals surface area contributed by atoms with E-state index >= 15 is 0 Å². The van der Waals surface area contributed by atoms with Gasteiger partial charge >= 0.3 is 0 Å². The second kappa shape index (κ2) is 33.1. The molecule has 0 amide bonds. The minimum atomic E-state index is 0.619. The Labute approximate surface area is 285 Å². The van der Waals surface area contributed by atoms with Crippen molar-refractivity contribution >= 4 is 0 Å². The van der Waals surface area contributed by atoms with Gasteiger partial charge in [0.05, 0.1) is 12.0 Å². The Kier molecular flexibility index (Phi) is 31.1. The zero-order valence-electron chi connectivity index (χ0n) is 31.8. The van der Waals surface area contributed by atoms with Gasteiger partial charge in [-0.2, -0.15) is 0 Å². The first-order chi connectivity index (χ1) is 22.2. The number of imidazole rings is 1. The van der Waals surface area contributed by atoms with Gasteiger partial charge in [-0.1, -0.05) is 213 Å². The van der Waals surface area contributed by atoms with Crippen molar-refractivity contribution in [3.63, 3.8) is 0 Å². The van der Waals surface area contributed by atoms with Gasteiger partial charge in [-0.25, -0.2) is 9.55 Å². The van der Waals surface area contributed by atoms with Gasteiger partial charge in [0.2, 0.25) is 0 Å². The minimum absolute atomic E-state index is 0.619. The van der Waals surface area contributed by atoms with Crippen LogP contribution >= 0.6 is 0 Å². The Morgan fingerprint density at radius 3 is 1.07 bits per heavy atom. The van der Waals surface area contributed by atoms with E-state index in [9.17, 15) is 0 Å². The van der Waals surface area contributed by atoms with E-state index in [4.69, 9.17) is 0 Å². The minimum Gasteiger partial charge on any atom is -0.247 e. The molecule has 0 bridgehead atoms. The molecule has 1 N–H and O–H groups in total. The highest BCUT2D eigenvalue weighted by Gasteiger charge is 2.25. The van der Waals surface area contributed by atoms with Gasteiger partial charge in [0, 0.05) is 0 Å². The molecule has 0 radical (unpaired) electrons. The molecule has 2 nitrogen and oxygen atoms in total. The zero-order valence-corrected chi connectivity index (χ0v) is 31.8. The van der Waals surface area contributed by atoms with E-state index in [-0.39, 0.29) is 0 Å². The van der Waals surface area contributed by atoms with Crippen LogP contribution in [0, 0.1) is 0 Å². The molecule has 0 spiro atoms. The number of H-pyrrole nitrogens is 1. The van der Waals surface area contributed by atoms with E-state index in [0.29, 0.717) is 12.0 Å². The van der Waals surface area contributed by atoms with Crippen molar-refractivity contribution in [2.45, 2.75) is 258 Å². The van der Waals surface area contributed by atoms with Crippen LogP contribution in [0.3, 0.4) is 0 Å². The average Bonchev–Trinajstić information content (AvgIpc) is 3.54. The molecular weight excluding hydrogens is 544 g/mol. The Balaban J connectivity index is 2.27. The summed E-state index contributed by atoms with van der Waals surface area (Å²) in [6.07, 6.45) is 53.2. The summed E-state index contributed by atoms with van der Waals surface area (Å²) in [5.41, 5.74) is 0. The van der Waals surface area contributed by atoms with Crippen molar-refractivity contribution in [2.24, 2.45) is 0 Å². The van der Waals surface area contributed by atoms with Crippen LogP contribution in [0.4, 0.5) is 0 Å². The first kappa shape index (κ1) is 42.2. The molecule has 0 aromatic carbocycles. The van der Waals surface area contributed by atoms with E-state index in [1.807, 2.05) is 0 Å². The van der Waals surface area contributed by atoms with Crippen molar-refractivity contribution in [1.82, 2.24) is 4.98 Å². The summed E-state index contributed by atoms with van der Waals surface area (Å²) in [7, 11) is 0. The van der Waals surface area contributed by atoms with E-state index < -0.39 is 0 Å². The van der Waals surface area contributed by atoms with E-state index in [2.05, 4.69) is 49.6 Å². The summed E-state index contributed by atoms with van der Waals surface area (Å²) < 4.78 is 2.62. The average molecular weight is 630 g/mol. The Morgan fingerprint density at radius 2 is 0.711 bits per heavy atom. The smallest absolute Gasteiger partial charge is 0.247 e. The van der Waals surface area contributed by atoms with Crippen LogP contribution in [-0.2, 0) is 0 Å². The lowest BCUT2D eigenvalue weighted by molar-refractivity contribution is -0.727. The maximum Gasteiger partial charge on any atom is 0.257 e. The normalized spacial score (nSPS) is 13.1. The van der Waals surface area contributed by atoms with Crippen molar-refractivity contribution in [3.05, 3.63) is 18.2 Å². The number of nitrogens with zero attached hydrogens (tertiary/aromatic N) is 1. The molecule has 266 valence electrons. The summed E-state index contributed by atoms with van der Waals surface area (Å²) in [6.45, 7) is 9.39. The lowest BCUT2D eigenvalue weighted by Gasteiger charge is -2.17. The van der Waals surface area contributed by atoms with Crippen molar-refractivity contribution < 1.29 is 4.57 Å². The van der Waals surface area contributed by atoms with E-state index in [0.717, 1.165) is 0 Å². The van der Waals surface area contributed by atoms with Gasteiger partial charge in [0.15, 0.2) is 0 Å². The molecule has 0 aliphatic carbocycles. The van der Waals surface area contributed by atoms with Crippen LogP contribution in [0.5, 0.6) is 0 Å². The number of hydrogen-bond donors (Lipinski definition) is 1. The highest BCUT2D eigenvalue weighted by molar-refractivity contribution is 4.90. The van der Waals surface area contributed by atoms with Crippen LogP contribution < -0.4 is 4.57 Å². The van der Waals surface area contributed by atoms with E-state index in [1.165, 1.54) is 224 Å². The van der Waals surface area contributed by atoms with Gasteiger partial charge in [0.1, 0.15) is 12.4 Å². The molecule has 1 aromatic rings. The van der Waals surface area contributed by atoms with Crippen molar-refractivity contribution in [3.8, 4) is 0 Å². The topological polar surface area (TPSA) is 19.7 Å². The third-order valence-electron chi connectivity index (χ3n) is 10.6. The van der Waals surface area contributed by atoms with Gasteiger partial charge < -0.3 is 0 Å². The maximum absolute atomic E-state index is 3.74. The number of nitrogens with one attached hydrogen (secondary N) is 1. The number of aromatic nitrogens is 2. The molecule has 0 fully saturated rings. The molecule has 2 atom stereocenters. The number of rotatable bonds is 36. The van der Waals surface area contributed by atoms with E-state index in [1.54, 1.807) is 0 Å². The summed E-state index contributed by atoms with van der Waals surface area (Å²) in [5, 5.41) is 0. The second-order valence-electron chi connectivity index (χ2n) is 15.1. The Hall–Kier alpha value is -0.790. The molecule has 1 aromatic heterocycles. The highest BCUT2D eigenvalue weighted by Crippen LogP contribution is 2.27. The standard InChI is InChI=1S/C43H84N2/c1-5-8-11-13-15-17-19-21-22-23-24-26-28-30-32-35-38-42(43-44-39-40-45(43)41(4)36-33-10-7-3)37-34-31-29-27-25-20-18-16-14-12-9-6-2/h39-42H,5-38H2,1-4H3/p+1. The largest absolute Gasteiger partial charge is 0.257 e. The van der Waals surface area contributed by atoms with Crippen LogP contribution in [-0.4, -0.2) is 4.98 Å². The van der Waals surface area contributed by atoms with Crippen LogP contribution in [0.2, 0.25) is 0 Å². The molecule has 0 saturated heterocycles. The van der Waals surface area contributed by atoms with Gasteiger partial charge in [0.25, 0.3) is 5.82 Å². The molecule has 1 rings (SSSR count).